The predicted molar refractivity (Wildman–Crippen MR) is 134 cm³/mol. The van der Waals surface area contributed by atoms with Crippen LogP contribution in [0.4, 0.5) is 0 Å². The molecule has 4 aromatic rings. The number of aliphatic carboxylic acids is 1. The van der Waals surface area contributed by atoms with Gasteiger partial charge in [0, 0.05) is 12.8 Å². The molecule has 0 unspecified atom stereocenters. The molecule has 0 saturated carbocycles. The van der Waals surface area contributed by atoms with E-state index in [9.17, 15) is 9.90 Å². The van der Waals surface area contributed by atoms with Crippen LogP contribution in [0.2, 0.25) is 0 Å². The molecule has 0 aliphatic carbocycles. The van der Waals surface area contributed by atoms with Crippen molar-refractivity contribution in [2.45, 2.75) is 32.3 Å². The number of rotatable bonds is 11. The second-order valence-corrected chi connectivity index (χ2v) is 9.18. The molecular formula is C27H27NO6S. The summed E-state index contributed by atoms with van der Waals surface area (Å²) < 4.78 is 22.6. The Labute approximate surface area is 207 Å². The van der Waals surface area contributed by atoms with Crippen LogP contribution in [0, 0.1) is 6.92 Å². The Bertz CT molecular complexity index is 1250. The quantitative estimate of drug-likeness (QED) is 0.282. The summed E-state index contributed by atoms with van der Waals surface area (Å²) in [4.78, 5) is 17.6. The summed E-state index contributed by atoms with van der Waals surface area (Å²) in [5, 5.41) is 11.8. The molecule has 0 bridgehead atoms. The number of benzene rings is 2. The second-order valence-electron chi connectivity index (χ2n) is 8.23. The van der Waals surface area contributed by atoms with Gasteiger partial charge in [0.1, 0.15) is 23.0 Å². The number of carbonyl (C=O) groups is 1. The van der Waals surface area contributed by atoms with Crippen LogP contribution in [0.3, 0.4) is 0 Å². The standard InChI is InChI=1S/C27H27NO6S/c1-18-23(28-25(33-18)24-5-4-16-35-24)14-15-32-21-8-6-19(7-9-21)17-27(2,26(29)30)34-22-12-10-20(31-3)11-13-22/h4-13,16H,14-15,17H2,1-3H3,(H,29,30)/t27-/m0/s1. The van der Waals surface area contributed by atoms with Gasteiger partial charge in [0.15, 0.2) is 0 Å². The topological polar surface area (TPSA) is 91.0 Å². The third-order valence-electron chi connectivity index (χ3n) is 5.55. The summed E-state index contributed by atoms with van der Waals surface area (Å²) in [6, 6.07) is 18.2. The van der Waals surface area contributed by atoms with Crippen molar-refractivity contribution in [1.29, 1.82) is 0 Å². The van der Waals surface area contributed by atoms with E-state index in [0.29, 0.717) is 36.2 Å². The SMILES string of the molecule is COc1ccc(O[C@@](C)(Cc2ccc(OCCc3nc(-c4cccs4)oc3C)cc2)C(=O)O)cc1. The minimum atomic E-state index is -1.43. The molecule has 0 fully saturated rings. The number of carboxylic acids is 1. The number of methoxy groups -OCH3 is 1. The molecule has 7 nitrogen and oxygen atoms in total. The minimum Gasteiger partial charge on any atom is -0.497 e. The van der Waals surface area contributed by atoms with Crippen molar-refractivity contribution in [3.8, 4) is 28.0 Å². The van der Waals surface area contributed by atoms with Gasteiger partial charge in [0.05, 0.1) is 24.3 Å². The fourth-order valence-corrected chi connectivity index (χ4v) is 4.23. The van der Waals surface area contributed by atoms with Gasteiger partial charge in [-0.05, 0) is 67.3 Å². The Morgan fingerprint density at radius 1 is 1.06 bits per heavy atom. The van der Waals surface area contributed by atoms with E-state index in [0.717, 1.165) is 21.9 Å². The number of hydrogen-bond donors (Lipinski definition) is 1. The Morgan fingerprint density at radius 3 is 2.37 bits per heavy atom. The maximum Gasteiger partial charge on any atom is 0.348 e. The van der Waals surface area contributed by atoms with Crippen LogP contribution in [0.15, 0.2) is 70.5 Å². The zero-order valence-electron chi connectivity index (χ0n) is 19.8. The van der Waals surface area contributed by atoms with Crippen LogP contribution in [-0.4, -0.2) is 35.4 Å². The van der Waals surface area contributed by atoms with Gasteiger partial charge in [-0.1, -0.05) is 18.2 Å². The fraction of sp³-hybridized carbons (Fsp3) is 0.259. The zero-order chi connectivity index (χ0) is 24.8. The van der Waals surface area contributed by atoms with Crippen molar-refractivity contribution in [2.75, 3.05) is 13.7 Å². The second kappa shape index (κ2) is 10.7. The molecule has 0 radical (unpaired) electrons. The highest BCUT2D eigenvalue weighted by Crippen LogP contribution is 2.27. The maximum atomic E-state index is 12.0. The van der Waals surface area contributed by atoms with Gasteiger partial charge in [-0.15, -0.1) is 11.3 Å². The third-order valence-corrected chi connectivity index (χ3v) is 6.41. The van der Waals surface area contributed by atoms with Gasteiger partial charge in [-0.3, -0.25) is 0 Å². The first-order chi connectivity index (χ1) is 16.9. The number of aryl methyl sites for hydroxylation is 1. The monoisotopic (exact) mass is 493 g/mol. The van der Waals surface area contributed by atoms with Gasteiger partial charge in [-0.25, -0.2) is 9.78 Å². The van der Waals surface area contributed by atoms with Gasteiger partial charge >= 0.3 is 5.97 Å². The molecule has 0 amide bonds. The van der Waals surface area contributed by atoms with E-state index in [2.05, 4.69) is 4.98 Å². The molecule has 2 aromatic carbocycles. The lowest BCUT2D eigenvalue weighted by Gasteiger charge is -2.26. The van der Waals surface area contributed by atoms with E-state index >= 15 is 0 Å². The molecule has 1 N–H and O–H groups in total. The minimum absolute atomic E-state index is 0.193. The van der Waals surface area contributed by atoms with E-state index in [1.165, 1.54) is 0 Å². The molecule has 2 heterocycles. The van der Waals surface area contributed by atoms with Crippen molar-refractivity contribution in [3.05, 3.63) is 83.1 Å². The Hall–Kier alpha value is -3.78. The molecule has 0 aliphatic heterocycles. The third kappa shape index (κ3) is 6.02. The Morgan fingerprint density at radius 2 is 1.74 bits per heavy atom. The molecule has 182 valence electrons. The molecular weight excluding hydrogens is 466 g/mol. The smallest absolute Gasteiger partial charge is 0.348 e. The van der Waals surface area contributed by atoms with Crippen LogP contribution in [0.1, 0.15) is 23.9 Å². The molecule has 2 aromatic heterocycles. The van der Waals surface area contributed by atoms with Crippen molar-refractivity contribution in [1.82, 2.24) is 4.98 Å². The van der Waals surface area contributed by atoms with Gasteiger partial charge in [0.2, 0.25) is 11.5 Å². The number of oxazole rings is 1. The van der Waals surface area contributed by atoms with Crippen molar-refractivity contribution in [2.24, 2.45) is 0 Å². The highest BCUT2D eigenvalue weighted by Gasteiger charge is 2.36. The summed E-state index contributed by atoms with van der Waals surface area (Å²) in [7, 11) is 1.57. The summed E-state index contributed by atoms with van der Waals surface area (Å²) in [5.74, 6) is 2.21. The van der Waals surface area contributed by atoms with E-state index in [1.807, 2.05) is 48.7 Å². The van der Waals surface area contributed by atoms with Crippen LogP contribution >= 0.6 is 11.3 Å². The molecule has 35 heavy (non-hydrogen) atoms. The van der Waals surface area contributed by atoms with Gasteiger partial charge in [0.25, 0.3) is 0 Å². The number of ether oxygens (including phenoxy) is 3. The number of aromatic nitrogens is 1. The zero-order valence-corrected chi connectivity index (χ0v) is 20.6. The largest absolute Gasteiger partial charge is 0.497 e. The van der Waals surface area contributed by atoms with Crippen LogP contribution < -0.4 is 14.2 Å². The van der Waals surface area contributed by atoms with Crippen molar-refractivity contribution >= 4 is 17.3 Å². The first-order valence-corrected chi connectivity index (χ1v) is 12.0. The lowest BCUT2D eigenvalue weighted by molar-refractivity contribution is -0.153. The number of carboxylic acid groups (broad SMARTS) is 1. The lowest BCUT2D eigenvalue weighted by atomic mass is 9.96. The average molecular weight is 494 g/mol. The van der Waals surface area contributed by atoms with Crippen molar-refractivity contribution < 1.29 is 28.5 Å². The molecule has 0 spiro atoms. The summed E-state index contributed by atoms with van der Waals surface area (Å²) in [5.41, 5.74) is 0.267. The number of hydrogen-bond acceptors (Lipinski definition) is 7. The van der Waals surface area contributed by atoms with E-state index in [-0.39, 0.29) is 6.42 Å². The normalized spacial score (nSPS) is 12.7. The molecule has 1 atom stereocenters. The molecule has 8 heteroatoms. The molecule has 0 saturated heterocycles. The average Bonchev–Trinajstić information content (AvgIpc) is 3.51. The van der Waals surface area contributed by atoms with Crippen LogP contribution in [0.5, 0.6) is 17.2 Å². The predicted octanol–water partition coefficient (Wildman–Crippen LogP) is 5.81. The Balaban J connectivity index is 1.34. The van der Waals surface area contributed by atoms with Crippen LogP contribution in [-0.2, 0) is 17.6 Å². The van der Waals surface area contributed by atoms with Crippen molar-refractivity contribution in [3.63, 3.8) is 0 Å². The molecule has 0 aliphatic rings. The summed E-state index contributed by atoms with van der Waals surface area (Å²) in [6.07, 6.45) is 0.813. The van der Waals surface area contributed by atoms with Gasteiger partial charge in [-0.2, -0.15) is 0 Å². The highest BCUT2D eigenvalue weighted by atomic mass is 32.1. The van der Waals surface area contributed by atoms with E-state index in [1.54, 1.807) is 49.6 Å². The lowest BCUT2D eigenvalue weighted by Crippen LogP contribution is -2.43. The fourth-order valence-electron chi connectivity index (χ4n) is 3.58. The van der Waals surface area contributed by atoms with E-state index < -0.39 is 11.6 Å². The number of nitrogens with zero attached hydrogens (tertiary/aromatic N) is 1. The first-order valence-electron chi connectivity index (χ1n) is 11.1. The summed E-state index contributed by atoms with van der Waals surface area (Å²) in [6.45, 7) is 3.92. The van der Waals surface area contributed by atoms with E-state index in [4.69, 9.17) is 18.6 Å². The molecule has 4 rings (SSSR count). The number of thiophene rings is 1. The summed E-state index contributed by atoms with van der Waals surface area (Å²) >= 11 is 1.59. The van der Waals surface area contributed by atoms with Gasteiger partial charge < -0.3 is 23.7 Å². The highest BCUT2D eigenvalue weighted by molar-refractivity contribution is 7.13. The Kier molecular flexibility index (Phi) is 7.41. The first kappa shape index (κ1) is 24.3. The van der Waals surface area contributed by atoms with Crippen LogP contribution in [0.25, 0.3) is 10.8 Å². The maximum absolute atomic E-state index is 12.0.